The second-order valence-corrected chi connectivity index (χ2v) is 6.59. The average Bonchev–Trinajstić information content (AvgIpc) is 2.39. The van der Waals surface area contributed by atoms with Gasteiger partial charge in [-0.2, -0.15) is 0 Å². The van der Waals surface area contributed by atoms with E-state index >= 15 is 0 Å². The van der Waals surface area contributed by atoms with Crippen molar-refractivity contribution in [1.29, 1.82) is 0 Å². The van der Waals surface area contributed by atoms with Gasteiger partial charge >= 0.3 is 0 Å². The zero-order chi connectivity index (χ0) is 12.8. The highest BCUT2D eigenvalue weighted by molar-refractivity contribution is 4.77. The molecule has 1 saturated heterocycles. The Morgan fingerprint density at radius 2 is 1.72 bits per heavy atom. The largest absolute Gasteiger partial charge is 0.314 e. The first-order valence-electron chi connectivity index (χ1n) is 8.23. The Labute approximate surface area is 114 Å². The summed E-state index contributed by atoms with van der Waals surface area (Å²) < 4.78 is 0. The van der Waals surface area contributed by atoms with Gasteiger partial charge in [0.2, 0.25) is 0 Å². The van der Waals surface area contributed by atoms with Crippen LogP contribution in [0.2, 0.25) is 0 Å². The van der Waals surface area contributed by atoms with E-state index in [4.69, 9.17) is 0 Å². The fourth-order valence-electron chi connectivity index (χ4n) is 3.61. The Hall–Kier alpha value is -0.0800. The highest BCUT2D eigenvalue weighted by Crippen LogP contribution is 2.31. The summed E-state index contributed by atoms with van der Waals surface area (Å²) in [5.74, 6) is 2.04. The molecule has 2 nitrogen and oxygen atoms in total. The summed E-state index contributed by atoms with van der Waals surface area (Å²) in [5.41, 5.74) is 0. The molecular formula is C16H32N2. The van der Waals surface area contributed by atoms with Gasteiger partial charge in [-0.15, -0.1) is 0 Å². The third-order valence-corrected chi connectivity index (χ3v) is 5.08. The van der Waals surface area contributed by atoms with Crippen molar-refractivity contribution in [2.45, 2.75) is 64.8 Å². The molecule has 0 amide bonds. The Balaban J connectivity index is 1.71. The molecule has 2 rings (SSSR count). The summed E-state index contributed by atoms with van der Waals surface area (Å²) in [7, 11) is 0. The molecule has 1 aliphatic heterocycles. The molecule has 0 aromatic heterocycles. The maximum absolute atomic E-state index is 3.60. The fraction of sp³-hybridized carbons (Fsp3) is 1.00. The third kappa shape index (κ3) is 4.55. The molecule has 106 valence electrons. The second kappa shape index (κ2) is 7.49. The van der Waals surface area contributed by atoms with E-state index in [-0.39, 0.29) is 0 Å². The SMILES string of the molecule is CCC1CCC(CN2CCCNC(C)CC2)CC1. The van der Waals surface area contributed by atoms with Gasteiger partial charge in [0, 0.05) is 12.6 Å². The van der Waals surface area contributed by atoms with Crippen LogP contribution in [0.4, 0.5) is 0 Å². The number of nitrogens with one attached hydrogen (secondary N) is 1. The number of rotatable bonds is 3. The van der Waals surface area contributed by atoms with Gasteiger partial charge in [0.15, 0.2) is 0 Å². The second-order valence-electron chi connectivity index (χ2n) is 6.59. The average molecular weight is 252 g/mol. The molecule has 0 radical (unpaired) electrons. The van der Waals surface area contributed by atoms with Gasteiger partial charge < -0.3 is 10.2 Å². The number of hydrogen-bond acceptors (Lipinski definition) is 2. The van der Waals surface area contributed by atoms with Crippen LogP contribution in [0.25, 0.3) is 0 Å². The van der Waals surface area contributed by atoms with Gasteiger partial charge in [-0.25, -0.2) is 0 Å². The van der Waals surface area contributed by atoms with Crippen LogP contribution in [0, 0.1) is 11.8 Å². The van der Waals surface area contributed by atoms with Gasteiger partial charge in [0.05, 0.1) is 0 Å². The van der Waals surface area contributed by atoms with Crippen LogP contribution in [0.5, 0.6) is 0 Å². The molecule has 2 aliphatic rings. The van der Waals surface area contributed by atoms with Crippen LogP contribution < -0.4 is 5.32 Å². The van der Waals surface area contributed by atoms with Crippen LogP contribution in [0.3, 0.4) is 0 Å². The lowest BCUT2D eigenvalue weighted by atomic mass is 9.80. The van der Waals surface area contributed by atoms with Crippen molar-refractivity contribution in [3.05, 3.63) is 0 Å². The third-order valence-electron chi connectivity index (χ3n) is 5.08. The Morgan fingerprint density at radius 3 is 2.44 bits per heavy atom. The van der Waals surface area contributed by atoms with Gasteiger partial charge in [0.1, 0.15) is 0 Å². The van der Waals surface area contributed by atoms with E-state index in [0.29, 0.717) is 6.04 Å². The van der Waals surface area contributed by atoms with E-state index in [0.717, 1.165) is 11.8 Å². The lowest BCUT2D eigenvalue weighted by molar-refractivity contribution is 0.165. The normalized spacial score (nSPS) is 36.0. The van der Waals surface area contributed by atoms with Crippen LogP contribution in [-0.2, 0) is 0 Å². The lowest BCUT2D eigenvalue weighted by Gasteiger charge is -2.34. The molecule has 1 heterocycles. The first-order chi connectivity index (χ1) is 8.78. The van der Waals surface area contributed by atoms with Crippen LogP contribution in [-0.4, -0.2) is 37.1 Å². The molecule has 18 heavy (non-hydrogen) atoms. The molecule has 1 atom stereocenters. The zero-order valence-corrected chi connectivity index (χ0v) is 12.5. The first-order valence-corrected chi connectivity index (χ1v) is 8.23. The molecule has 1 N–H and O–H groups in total. The molecule has 2 fully saturated rings. The smallest absolute Gasteiger partial charge is 0.00509 e. The molecule has 2 heteroatoms. The zero-order valence-electron chi connectivity index (χ0n) is 12.5. The molecule has 0 bridgehead atoms. The Bertz CT molecular complexity index is 221. The van der Waals surface area contributed by atoms with Crippen LogP contribution in [0.1, 0.15) is 58.8 Å². The van der Waals surface area contributed by atoms with Crippen molar-refractivity contribution >= 4 is 0 Å². The van der Waals surface area contributed by atoms with Crippen LogP contribution >= 0.6 is 0 Å². The van der Waals surface area contributed by atoms with Crippen molar-refractivity contribution in [3.8, 4) is 0 Å². The summed E-state index contributed by atoms with van der Waals surface area (Å²) >= 11 is 0. The van der Waals surface area contributed by atoms with Crippen molar-refractivity contribution in [2.75, 3.05) is 26.2 Å². The summed E-state index contributed by atoms with van der Waals surface area (Å²) in [5, 5.41) is 3.60. The fourth-order valence-corrected chi connectivity index (χ4v) is 3.61. The van der Waals surface area contributed by atoms with Crippen molar-refractivity contribution < 1.29 is 0 Å². The standard InChI is InChI=1S/C16H32N2/c1-3-15-5-7-16(8-6-15)13-18-11-4-10-17-14(2)9-12-18/h14-17H,3-13H2,1-2H3. The summed E-state index contributed by atoms with van der Waals surface area (Å²) in [6.07, 6.45) is 10.0. The molecule has 1 saturated carbocycles. The lowest BCUT2D eigenvalue weighted by Crippen LogP contribution is -2.40. The minimum Gasteiger partial charge on any atom is -0.314 e. The van der Waals surface area contributed by atoms with E-state index in [2.05, 4.69) is 24.1 Å². The molecule has 1 aliphatic carbocycles. The van der Waals surface area contributed by atoms with E-state index in [1.54, 1.807) is 0 Å². The maximum Gasteiger partial charge on any atom is 0.00509 e. The van der Waals surface area contributed by atoms with Crippen molar-refractivity contribution in [2.24, 2.45) is 11.8 Å². The van der Waals surface area contributed by atoms with Gasteiger partial charge in [-0.05, 0) is 64.1 Å². The first kappa shape index (κ1) is 14.3. The highest BCUT2D eigenvalue weighted by atomic mass is 15.1. The van der Waals surface area contributed by atoms with Gasteiger partial charge in [-0.3, -0.25) is 0 Å². The predicted octanol–water partition coefficient (Wildman–Crippen LogP) is 3.28. The quantitative estimate of drug-likeness (QED) is 0.829. The summed E-state index contributed by atoms with van der Waals surface area (Å²) in [6.45, 7) is 9.90. The van der Waals surface area contributed by atoms with Gasteiger partial charge in [0.25, 0.3) is 0 Å². The van der Waals surface area contributed by atoms with Crippen LogP contribution in [0.15, 0.2) is 0 Å². The number of hydrogen-bond donors (Lipinski definition) is 1. The van der Waals surface area contributed by atoms with E-state index < -0.39 is 0 Å². The maximum atomic E-state index is 3.60. The molecule has 0 aromatic rings. The highest BCUT2D eigenvalue weighted by Gasteiger charge is 2.22. The Morgan fingerprint density at radius 1 is 1.00 bits per heavy atom. The summed E-state index contributed by atoms with van der Waals surface area (Å²) in [4.78, 5) is 2.74. The van der Waals surface area contributed by atoms with Crippen molar-refractivity contribution in [1.82, 2.24) is 10.2 Å². The monoisotopic (exact) mass is 252 g/mol. The van der Waals surface area contributed by atoms with E-state index in [1.165, 1.54) is 71.1 Å². The molecule has 0 spiro atoms. The Kier molecular flexibility index (Phi) is 5.97. The molecular weight excluding hydrogens is 220 g/mol. The van der Waals surface area contributed by atoms with E-state index in [1.807, 2.05) is 0 Å². The summed E-state index contributed by atoms with van der Waals surface area (Å²) in [6, 6.07) is 0.712. The minimum absolute atomic E-state index is 0.712. The minimum atomic E-state index is 0.712. The number of nitrogens with zero attached hydrogens (tertiary/aromatic N) is 1. The van der Waals surface area contributed by atoms with Gasteiger partial charge in [-0.1, -0.05) is 26.2 Å². The predicted molar refractivity (Wildman–Crippen MR) is 78.9 cm³/mol. The molecule has 1 unspecified atom stereocenters. The topological polar surface area (TPSA) is 15.3 Å². The molecule has 0 aromatic carbocycles. The van der Waals surface area contributed by atoms with E-state index in [9.17, 15) is 0 Å². The van der Waals surface area contributed by atoms with Crippen molar-refractivity contribution in [3.63, 3.8) is 0 Å².